The Kier molecular flexibility index (Phi) is 5.28. The van der Waals surface area contributed by atoms with Crippen LogP contribution in [-0.4, -0.2) is 34.4 Å². The fourth-order valence-corrected chi connectivity index (χ4v) is 2.11. The Morgan fingerprint density at radius 3 is 2.58 bits per heavy atom. The standard InChI is InChI=1S/C18H21N3O3/c1-18(2,3)24-17(23)10-15(22)13-7-5-6-12(8-13)14-9-16(19-4)21-11-20-14/h5-9,11H,10H2,1-4H3,(H,19,20,21). The maximum Gasteiger partial charge on any atom is 0.314 e. The summed E-state index contributed by atoms with van der Waals surface area (Å²) in [5.74, 6) is -0.128. The Balaban J connectivity index is 2.17. The molecule has 0 aliphatic heterocycles. The zero-order chi connectivity index (χ0) is 17.7. The zero-order valence-electron chi connectivity index (χ0n) is 14.3. The summed E-state index contributed by atoms with van der Waals surface area (Å²) in [6.07, 6.45) is 1.17. The maximum absolute atomic E-state index is 12.3. The Bertz CT molecular complexity index is 751. The quantitative estimate of drug-likeness (QED) is 0.516. The summed E-state index contributed by atoms with van der Waals surface area (Å²) < 4.78 is 5.19. The number of nitrogens with zero attached hydrogens (tertiary/aromatic N) is 2. The summed E-state index contributed by atoms with van der Waals surface area (Å²) in [5.41, 5.74) is 1.32. The molecule has 2 aromatic rings. The minimum Gasteiger partial charge on any atom is -0.460 e. The van der Waals surface area contributed by atoms with Gasteiger partial charge in [0.05, 0.1) is 5.69 Å². The normalized spacial score (nSPS) is 11.0. The van der Waals surface area contributed by atoms with E-state index in [4.69, 9.17) is 4.74 Å². The number of carbonyl (C=O) groups excluding carboxylic acids is 2. The molecule has 0 aliphatic carbocycles. The molecule has 0 spiro atoms. The van der Waals surface area contributed by atoms with E-state index in [9.17, 15) is 9.59 Å². The van der Waals surface area contributed by atoms with Gasteiger partial charge < -0.3 is 10.1 Å². The summed E-state index contributed by atoms with van der Waals surface area (Å²) in [4.78, 5) is 32.4. The molecule has 0 saturated carbocycles. The van der Waals surface area contributed by atoms with Gasteiger partial charge >= 0.3 is 5.97 Å². The fraction of sp³-hybridized carbons (Fsp3) is 0.333. The number of benzene rings is 1. The van der Waals surface area contributed by atoms with Crippen LogP contribution in [0.1, 0.15) is 37.6 Å². The highest BCUT2D eigenvalue weighted by molar-refractivity contribution is 6.06. The van der Waals surface area contributed by atoms with Crippen molar-refractivity contribution in [2.24, 2.45) is 0 Å². The molecule has 1 heterocycles. The van der Waals surface area contributed by atoms with E-state index in [0.717, 1.165) is 5.56 Å². The first-order valence-electron chi connectivity index (χ1n) is 7.64. The van der Waals surface area contributed by atoms with Gasteiger partial charge in [-0.1, -0.05) is 18.2 Å². The van der Waals surface area contributed by atoms with Gasteiger partial charge in [-0.25, -0.2) is 9.97 Å². The summed E-state index contributed by atoms with van der Waals surface area (Å²) in [5, 5.41) is 2.94. The second kappa shape index (κ2) is 7.21. The molecule has 0 unspecified atom stereocenters. The van der Waals surface area contributed by atoms with E-state index >= 15 is 0 Å². The summed E-state index contributed by atoms with van der Waals surface area (Å²) in [6.45, 7) is 5.30. The molecule has 0 amide bonds. The van der Waals surface area contributed by atoms with Gasteiger partial charge in [-0.15, -0.1) is 0 Å². The van der Waals surface area contributed by atoms with Crippen LogP contribution in [0.25, 0.3) is 11.3 Å². The lowest BCUT2D eigenvalue weighted by atomic mass is 10.0. The molecule has 0 saturated heterocycles. The maximum atomic E-state index is 12.3. The van der Waals surface area contributed by atoms with Gasteiger partial charge in [0.2, 0.25) is 0 Å². The van der Waals surface area contributed by atoms with Gasteiger partial charge in [0, 0.05) is 24.2 Å². The van der Waals surface area contributed by atoms with Gasteiger partial charge in [0.1, 0.15) is 24.2 Å². The first-order valence-corrected chi connectivity index (χ1v) is 7.64. The van der Waals surface area contributed by atoms with E-state index < -0.39 is 11.6 Å². The monoisotopic (exact) mass is 327 g/mol. The van der Waals surface area contributed by atoms with Gasteiger partial charge in [-0.2, -0.15) is 0 Å². The van der Waals surface area contributed by atoms with Crippen molar-refractivity contribution in [3.8, 4) is 11.3 Å². The first kappa shape index (κ1) is 17.6. The third kappa shape index (κ3) is 4.87. The molecule has 6 heteroatoms. The van der Waals surface area contributed by atoms with Crippen LogP contribution in [0.2, 0.25) is 0 Å². The number of nitrogens with one attached hydrogen (secondary N) is 1. The second-order valence-electron chi connectivity index (χ2n) is 6.31. The van der Waals surface area contributed by atoms with Crippen LogP contribution in [0.5, 0.6) is 0 Å². The van der Waals surface area contributed by atoms with Crippen LogP contribution in [0.15, 0.2) is 36.7 Å². The molecule has 1 aromatic heterocycles. The van der Waals surface area contributed by atoms with E-state index in [1.165, 1.54) is 6.33 Å². The summed E-state index contributed by atoms with van der Waals surface area (Å²) >= 11 is 0. The molecule has 0 radical (unpaired) electrons. The number of ether oxygens (including phenoxy) is 1. The van der Waals surface area contributed by atoms with Gasteiger partial charge in [-0.3, -0.25) is 9.59 Å². The number of hydrogen-bond acceptors (Lipinski definition) is 6. The van der Waals surface area contributed by atoms with Crippen LogP contribution < -0.4 is 5.32 Å². The highest BCUT2D eigenvalue weighted by Gasteiger charge is 2.20. The summed E-state index contributed by atoms with van der Waals surface area (Å²) in [6, 6.07) is 8.80. The summed E-state index contributed by atoms with van der Waals surface area (Å²) in [7, 11) is 1.77. The predicted molar refractivity (Wildman–Crippen MR) is 91.8 cm³/mol. The molecule has 24 heavy (non-hydrogen) atoms. The molecule has 0 aliphatic rings. The zero-order valence-corrected chi connectivity index (χ0v) is 14.3. The van der Waals surface area contributed by atoms with Crippen molar-refractivity contribution >= 4 is 17.6 Å². The Morgan fingerprint density at radius 2 is 1.92 bits per heavy atom. The number of hydrogen-bond donors (Lipinski definition) is 1. The van der Waals surface area contributed by atoms with Crippen molar-refractivity contribution < 1.29 is 14.3 Å². The van der Waals surface area contributed by atoms with Gasteiger partial charge in [0.25, 0.3) is 0 Å². The van der Waals surface area contributed by atoms with E-state index in [0.29, 0.717) is 17.1 Å². The Morgan fingerprint density at radius 1 is 1.17 bits per heavy atom. The van der Waals surface area contributed by atoms with Crippen molar-refractivity contribution in [2.75, 3.05) is 12.4 Å². The largest absolute Gasteiger partial charge is 0.460 e. The molecule has 0 bridgehead atoms. The van der Waals surface area contributed by atoms with Gasteiger partial charge in [0.15, 0.2) is 5.78 Å². The van der Waals surface area contributed by atoms with Crippen LogP contribution in [0.4, 0.5) is 5.82 Å². The third-order valence-electron chi connectivity index (χ3n) is 3.13. The lowest BCUT2D eigenvalue weighted by Gasteiger charge is -2.19. The highest BCUT2D eigenvalue weighted by atomic mass is 16.6. The Hall–Kier alpha value is -2.76. The topological polar surface area (TPSA) is 81.2 Å². The fourth-order valence-electron chi connectivity index (χ4n) is 2.11. The molecule has 1 N–H and O–H groups in total. The number of Topliss-reactive ketones (excluding diaryl/α,β-unsaturated/α-hetero) is 1. The molecule has 0 fully saturated rings. The number of carbonyl (C=O) groups is 2. The third-order valence-corrected chi connectivity index (χ3v) is 3.13. The SMILES string of the molecule is CNc1cc(-c2cccc(C(=O)CC(=O)OC(C)(C)C)c2)ncn1. The molecule has 0 atom stereocenters. The molecular formula is C18H21N3O3. The van der Waals surface area contributed by atoms with E-state index in [2.05, 4.69) is 15.3 Å². The predicted octanol–water partition coefficient (Wildman–Crippen LogP) is 3.10. The van der Waals surface area contributed by atoms with Gasteiger partial charge in [-0.05, 0) is 26.8 Å². The van der Waals surface area contributed by atoms with Crippen molar-refractivity contribution in [3.63, 3.8) is 0 Å². The van der Waals surface area contributed by atoms with Crippen LogP contribution in [0, 0.1) is 0 Å². The van der Waals surface area contributed by atoms with Crippen LogP contribution >= 0.6 is 0 Å². The number of rotatable bonds is 5. The van der Waals surface area contributed by atoms with E-state index in [1.54, 1.807) is 52.1 Å². The number of ketones is 1. The van der Waals surface area contributed by atoms with Crippen molar-refractivity contribution in [2.45, 2.75) is 32.8 Å². The average molecular weight is 327 g/mol. The van der Waals surface area contributed by atoms with E-state index in [1.807, 2.05) is 6.07 Å². The lowest BCUT2D eigenvalue weighted by Crippen LogP contribution is -2.25. The van der Waals surface area contributed by atoms with Crippen molar-refractivity contribution in [1.29, 1.82) is 0 Å². The molecule has 126 valence electrons. The minimum absolute atomic E-state index is 0.283. The molecular weight excluding hydrogens is 306 g/mol. The smallest absolute Gasteiger partial charge is 0.314 e. The molecule has 2 rings (SSSR count). The van der Waals surface area contributed by atoms with E-state index in [-0.39, 0.29) is 12.2 Å². The first-order chi connectivity index (χ1) is 11.3. The molecule has 1 aromatic carbocycles. The lowest BCUT2D eigenvalue weighted by molar-refractivity contribution is -0.153. The number of esters is 1. The van der Waals surface area contributed by atoms with Crippen molar-refractivity contribution in [1.82, 2.24) is 9.97 Å². The highest BCUT2D eigenvalue weighted by Crippen LogP contribution is 2.21. The minimum atomic E-state index is -0.607. The number of aromatic nitrogens is 2. The van der Waals surface area contributed by atoms with Crippen LogP contribution in [-0.2, 0) is 9.53 Å². The van der Waals surface area contributed by atoms with Crippen LogP contribution in [0.3, 0.4) is 0 Å². The second-order valence-corrected chi connectivity index (χ2v) is 6.31. The molecule has 6 nitrogen and oxygen atoms in total. The van der Waals surface area contributed by atoms with Crippen molar-refractivity contribution in [3.05, 3.63) is 42.2 Å². The average Bonchev–Trinajstić information content (AvgIpc) is 2.53. The Labute approximate surface area is 141 Å². The number of anilines is 1.